The fraction of sp³-hybridized carbons (Fsp3) is 0.286. The van der Waals surface area contributed by atoms with Crippen LogP contribution < -0.4 is 14.8 Å². The van der Waals surface area contributed by atoms with Gasteiger partial charge in [0.15, 0.2) is 11.5 Å². The molecule has 2 heterocycles. The normalized spacial score (nSPS) is 15.6. The van der Waals surface area contributed by atoms with Crippen molar-refractivity contribution in [2.45, 2.75) is 12.3 Å². The van der Waals surface area contributed by atoms with Gasteiger partial charge in [-0.1, -0.05) is 12.1 Å². The number of amides is 1. The van der Waals surface area contributed by atoms with Gasteiger partial charge in [0.1, 0.15) is 25.4 Å². The first kappa shape index (κ1) is 21.6. The number of carbonyl (C=O) groups is 1. The van der Waals surface area contributed by atoms with Crippen molar-refractivity contribution in [3.8, 4) is 17.2 Å². The number of alkyl halides is 3. The molecule has 1 aromatic heterocycles. The van der Waals surface area contributed by atoms with Crippen LogP contribution in [0, 0.1) is 0 Å². The van der Waals surface area contributed by atoms with Crippen LogP contribution in [0.1, 0.15) is 5.56 Å². The molecule has 4 rings (SSSR count). The molecule has 8 nitrogen and oxygen atoms in total. The predicted molar refractivity (Wildman–Crippen MR) is 109 cm³/mol. The molecule has 0 radical (unpaired) electrons. The zero-order valence-corrected chi connectivity index (χ0v) is 17.0. The molecule has 0 saturated heterocycles. The summed E-state index contributed by atoms with van der Waals surface area (Å²) in [7, 11) is 1.72. The number of benzene rings is 2. The van der Waals surface area contributed by atoms with Gasteiger partial charge in [0.2, 0.25) is 5.91 Å². The summed E-state index contributed by atoms with van der Waals surface area (Å²) < 4.78 is 52.4. The number of fused-ring (bicyclic) bond motifs is 1. The third kappa shape index (κ3) is 4.99. The van der Waals surface area contributed by atoms with Crippen LogP contribution in [-0.2, 0) is 11.0 Å². The topological polar surface area (TPSA) is 81.5 Å². The number of likely N-dealkylation sites (N-methyl/N-ethyl adjacent to an activating group) is 1. The third-order valence-electron chi connectivity index (χ3n) is 4.76. The van der Waals surface area contributed by atoms with Gasteiger partial charge in [0.05, 0.1) is 23.5 Å². The van der Waals surface area contributed by atoms with Crippen molar-refractivity contribution >= 4 is 11.6 Å². The fourth-order valence-electron chi connectivity index (χ4n) is 3.35. The van der Waals surface area contributed by atoms with Crippen LogP contribution in [0.3, 0.4) is 0 Å². The Labute approximate surface area is 181 Å². The van der Waals surface area contributed by atoms with Crippen molar-refractivity contribution in [3.63, 3.8) is 0 Å². The Morgan fingerprint density at radius 2 is 2.03 bits per heavy atom. The average molecular weight is 447 g/mol. The first-order chi connectivity index (χ1) is 15.3. The van der Waals surface area contributed by atoms with Crippen molar-refractivity contribution in [2.24, 2.45) is 0 Å². The second-order valence-corrected chi connectivity index (χ2v) is 7.31. The van der Waals surface area contributed by atoms with Gasteiger partial charge in [-0.15, -0.1) is 0 Å². The summed E-state index contributed by atoms with van der Waals surface area (Å²) >= 11 is 0. The average Bonchev–Trinajstić information content (AvgIpc) is 3.27. The van der Waals surface area contributed by atoms with Gasteiger partial charge in [-0.3, -0.25) is 9.69 Å². The quantitative estimate of drug-likeness (QED) is 0.626. The Hall–Kier alpha value is -3.60. The van der Waals surface area contributed by atoms with Gasteiger partial charge in [-0.2, -0.15) is 18.3 Å². The molecule has 0 spiro atoms. The summed E-state index contributed by atoms with van der Waals surface area (Å²) in [5.41, 5.74) is -0.626. The Morgan fingerprint density at radius 3 is 2.75 bits per heavy atom. The number of aromatic nitrogens is 3. The van der Waals surface area contributed by atoms with E-state index >= 15 is 0 Å². The molecule has 168 valence electrons. The molecule has 2 aromatic carbocycles. The molecule has 3 aromatic rings. The van der Waals surface area contributed by atoms with Crippen molar-refractivity contribution in [1.82, 2.24) is 19.7 Å². The fourth-order valence-corrected chi connectivity index (χ4v) is 3.35. The van der Waals surface area contributed by atoms with Gasteiger partial charge in [0.25, 0.3) is 0 Å². The van der Waals surface area contributed by atoms with E-state index in [-0.39, 0.29) is 24.0 Å². The lowest BCUT2D eigenvalue weighted by molar-refractivity contribution is -0.137. The first-order valence-corrected chi connectivity index (χ1v) is 9.73. The molecule has 0 saturated carbocycles. The molecular formula is C21H20F3N5O3. The van der Waals surface area contributed by atoms with E-state index in [0.29, 0.717) is 24.7 Å². The SMILES string of the molecule is CN(CC(=O)Nc1cc(C(F)(F)F)ccc1-n1cncn1)CC1COc2ccccc2O1. The summed E-state index contributed by atoms with van der Waals surface area (Å²) in [5.74, 6) is 0.808. The van der Waals surface area contributed by atoms with Crippen molar-refractivity contribution in [3.05, 3.63) is 60.7 Å². The second-order valence-electron chi connectivity index (χ2n) is 7.31. The molecule has 1 unspecified atom stereocenters. The van der Waals surface area contributed by atoms with Crippen molar-refractivity contribution in [1.29, 1.82) is 0 Å². The van der Waals surface area contributed by atoms with E-state index in [1.807, 2.05) is 18.2 Å². The molecule has 11 heteroatoms. The standard InChI is InChI=1S/C21H20F3N5O3/c1-28(9-15-11-31-18-4-2-3-5-19(18)32-15)10-20(30)27-16-8-14(21(22,23)24)6-7-17(16)29-13-25-12-26-29/h2-8,12-13,15H,9-11H2,1H3,(H,27,30). The third-order valence-corrected chi connectivity index (χ3v) is 4.76. The van der Waals surface area contributed by atoms with E-state index in [2.05, 4.69) is 15.4 Å². The molecule has 1 N–H and O–H groups in total. The van der Waals surface area contributed by atoms with Gasteiger partial charge >= 0.3 is 6.18 Å². The van der Waals surface area contributed by atoms with Crippen molar-refractivity contribution in [2.75, 3.05) is 32.1 Å². The van der Waals surface area contributed by atoms with E-state index in [1.165, 1.54) is 23.4 Å². The number of nitrogens with one attached hydrogen (secondary N) is 1. The second kappa shape index (κ2) is 8.87. The minimum atomic E-state index is -4.55. The van der Waals surface area contributed by atoms with Gasteiger partial charge < -0.3 is 14.8 Å². The number of anilines is 1. The zero-order valence-electron chi connectivity index (χ0n) is 17.0. The highest BCUT2D eigenvalue weighted by atomic mass is 19.4. The number of halogens is 3. The zero-order chi connectivity index (χ0) is 22.7. The van der Waals surface area contributed by atoms with E-state index in [0.717, 1.165) is 12.1 Å². The van der Waals surface area contributed by atoms with Gasteiger partial charge in [0, 0.05) is 6.54 Å². The molecule has 0 bridgehead atoms. The maximum Gasteiger partial charge on any atom is 0.416 e. The van der Waals surface area contributed by atoms with Crippen LogP contribution in [-0.4, -0.2) is 58.4 Å². The Balaban J connectivity index is 1.42. The number of nitrogens with zero attached hydrogens (tertiary/aromatic N) is 4. The van der Waals surface area contributed by atoms with Crippen LogP contribution in [0.25, 0.3) is 5.69 Å². The summed E-state index contributed by atoms with van der Waals surface area (Å²) in [6.45, 7) is 0.655. The molecule has 1 amide bonds. The van der Waals surface area contributed by atoms with Crippen LogP contribution in [0.15, 0.2) is 55.1 Å². The number of hydrogen-bond acceptors (Lipinski definition) is 6. The predicted octanol–water partition coefficient (Wildman–Crippen LogP) is 3.00. The molecule has 1 atom stereocenters. The Morgan fingerprint density at radius 1 is 1.25 bits per heavy atom. The highest BCUT2D eigenvalue weighted by Crippen LogP contribution is 2.33. The molecule has 1 aliphatic heterocycles. The lowest BCUT2D eigenvalue weighted by atomic mass is 10.1. The van der Waals surface area contributed by atoms with Gasteiger partial charge in [-0.05, 0) is 37.4 Å². The molecular weight excluding hydrogens is 427 g/mol. The first-order valence-electron chi connectivity index (χ1n) is 9.73. The smallest absolute Gasteiger partial charge is 0.416 e. The molecule has 0 aliphatic carbocycles. The lowest BCUT2D eigenvalue weighted by Crippen LogP contribution is -2.42. The molecule has 0 fully saturated rings. The minimum Gasteiger partial charge on any atom is -0.486 e. The summed E-state index contributed by atoms with van der Waals surface area (Å²) in [4.78, 5) is 18.1. The van der Waals surface area contributed by atoms with E-state index in [4.69, 9.17) is 9.47 Å². The largest absolute Gasteiger partial charge is 0.486 e. The van der Waals surface area contributed by atoms with E-state index in [1.54, 1.807) is 18.0 Å². The van der Waals surface area contributed by atoms with E-state index in [9.17, 15) is 18.0 Å². The minimum absolute atomic E-state index is 0.0186. The summed E-state index contributed by atoms with van der Waals surface area (Å²) in [5, 5.41) is 6.49. The number of hydrogen-bond donors (Lipinski definition) is 1. The maximum atomic E-state index is 13.2. The number of para-hydroxylation sites is 2. The van der Waals surface area contributed by atoms with E-state index < -0.39 is 17.6 Å². The van der Waals surface area contributed by atoms with Crippen LogP contribution >= 0.6 is 0 Å². The summed E-state index contributed by atoms with van der Waals surface area (Å²) in [6, 6.07) is 10.3. The summed E-state index contributed by atoms with van der Waals surface area (Å²) in [6.07, 6.45) is -2.25. The molecule has 32 heavy (non-hydrogen) atoms. The van der Waals surface area contributed by atoms with Gasteiger partial charge in [-0.25, -0.2) is 9.67 Å². The Bertz CT molecular complexity index is 1090. The van der Waals surface area contributed by atoms with Crippen LogP contribution in [0.2, 0.25) is 0 Å². The van der Waals surface area contributed by atoms with Crippen LogP contribution in [0.4, 0.5) is 18.9 Å². The number of ether oxygens (including phenoxy) is 2. The number of rotatable bonds is 6. The monoisotopic (exact) mass is 447 g/mol. The molecule has 1 aliphatic rings. The van der Waals surface area contributed by atoms with Crippen LogP contribution in [0.5, 0.6) is 11.5 Å². The highest BCUT2D eigenvalue weighted by molar-refractivity contribution is 5.94. The Kier molecular flexibility index (Phi) is 5.99. The number of carbonyl (C=O) groups excluding carboxylic acids is 1. The van der Waals surface area contributed by atoms with Crippen molar-refractivity contribution < 1.29 is 27.4 Å². The maximum absolute atomic E-state index is 13.2. The lowest BCUT2D eigenvalue weighted by Gasteiger charge is -2.29. The highest BCUT2D eigenvalue weighted by Gasteiger charge is 2.31.